The van der Waals surface area contributed by atoms with Crippen LogP contribution in [0.5, 0.6) is 0 Å². The lowest BCUT2D eigenvalue weighted by Crippen LogP contribution is -2.37. The quantitative estimate of drug-likeness (QED) is 0.483. The fraction of sp³-hybridized carbons (Fsp3) is 0.917. The van der Waals surface area contributed by atoms with E-state index in [4.69, 9.17) is 9.47 Å². The number of unbranched alkanes of at least 4 members (excludes halogenated alkanes) is 2. The number of methoxy groups -OCH3 is 2. The normalized spacial score (nSPS) is 11.5. The first-order valence-corrected chi connectivity index (χ1v) is 5.82. The topological polar surface area (TPSA) is 47.6 Å². The third-order valence-corrected chi connectivity index (χ3v) is 2.51. The Morgan fingerprint density at radius 2 is 1.88 bits per heavy atom. The molecule has 0 aromatic carbocycles. The van der Waals surface area contributed by atoms with Crippen LogP contribution in [0.15, 0.2) is 0 Å². The van der Waals surface area contributed by atoms with Crippen LogP contribution in [0.3, 0.4) is 0 Å². The van der Waals surface area contributed by atoms with Gasteiger partial charge >= 0.3 is 5.97 Å². The van der Waals surface area contributed by atoms with E-state index in [1.165, 1.54) is 7.11 Å². The van der Waals surface area contributed by atoms with Crippen molar-refractivity contribution in [2.75, 3.05) is 33.9 Å². The van der Waals surface area contributed by atoms with Crippen molar-refractivity contribution in [2.24, 2.45) is 5.41 Å². The van der Waals surface area contributed by atoms with E-state index in [1.54, 1.807) is 7.11 Å². The number of carbonyl (C=O) groups is 1. The molecule has 96 valence electrons. The highest BCUT2D eigenvalue weighted by molar-refractivity contribution is 5.75. The lowest BCUT2D eigenvalue weighted by molar-refractivity contribution is -0.150. The Bertz CT molecular complexity index is 193. The third-order valence-electron chi connectivity index (χ3n) is 2.51. The van der Waals surface area contributed by atoms with Crippen molar-refractivity contribution in [3.05, 3.63) is 0 Å². The van der Waals surface area contributed by atoms with Crippen LogP contribution in [0, 0.1) is 5.41 Å². The van der Waals surface area contributed by atoms with Gasteiger partial charge in [0.25, 0.3) is 0 Å². The average molecular weight is 231 g/mol. The zero-order valence-corrected chi connectivity index (χ0v) is 11.0. The van der Waals surface area contributed by atoms with E-state index in [0.29, 0.717) is 6.54 Å². The van der Waals surface area contributed by atoms with Crippen LogP contribution in [-0.2, 0) is 14.3 Å². The van der Waals surface area contributed by atoms with E-state index in [1.807, 2.05) is 13.8 Å². The van der Waals surface area contributed by atoms with Crippen molar-refractivity contribution in [1.82, 2.24) is 5.32 Å². The molecule has 0 amide bonds. The smallest absolute Gasteiger partial charge is 0.312 e. The van der Waals surface area contributed by atoms with E-state index < -0.39 is 5.41 Å². The molecule has 16 heavy (non-hydrogen) atoms. The number of nitrogens with one attached hydrogen (secondary N) is 1. The Kier molecular flexibility index (Phi) is 8.21. The number of hydrogen-bond donors (Lipinski definition) is 1. The zero-order valence-electron chi connectivity index (χ0n) is 11.0. The second-order valence-electron chi connectivity index (χ2n) is 4.61. The highest BCUT2D eigenvalue weighted by atomic mass is 16.5. The molecular weight excluding hydrogens is 206 g/mol. The highest BCUT2D eigenvalue weighted by Gasteiger charge is 2.27. The second-order valence-corrected chi connectivity index (χ2v) is 4.61. The summed E-state index contributed by atoms with van der Waals surface area (Å²) < 4.78 is 9.70. The first-order valence-electron chi connectivity index (χ1n) is 5.82. The third kappa shape index (κ3) is 6.80. The minimum atomic E-state index is -0.443. The molecule has 0 heterocycles. The summed E-state index contributed by atoms with van der Waals surface area (Å²) in [6, 6.07) is 0. The molecule has 0 aliphatic carbocycles. The standard InChI is InChI=1S/C12H25NO3/c1-12(2,11(14)16-4)10-13-8-6-5-7-9-15-3/h13H,5-10H2,1-4H3. The van der Waals surface area contributed by atoms with Gasteiger partial charge in [0.1, 0.15) is 0 Å². The Hall–Kier alpha value is -0.610. The number of hydrogen-bond acceptors (Lipinski definition) is 4. The van der Waals surface area contributed by atoms with Crippen LogP contribution < -0.4 is 5.32 Å². The Morgan fingerprint density at radius 3 is 2.44 bits per heavy atom. The van der Waals surface area contributed by atoms with Crippen molar-refractivity contribution >= 4 is 5.97 Å². The summed E-state index contributed by atoms with van der Waals surface area (Å²) >= 11 is 0. The van der Waals surface area contributed by atoms with E-state index in [2.05, 4.69) is 5.32 Å². The van der Waals surface area contributed by atoms with Gasteiger partial charge in [0, 0.05) is 20.3 Å². The van der Waals surface area contributed by atoms with Crippen molar-refractivity contribution in [1.29, 1.82) is 0 Å². The Morgan fingerprint density at radius 1 is 1.19 bits per heavy atom. The molecule has 0 aromatic rings. The molecule has 4 nitrogen and oxygen atoms in total. The van der Waals surface area contributed by atoms with E-state index in [0.717, 1.165) is 32.4 Å². The molecule has 4 heteroatoms. The Balaban J connectivity index is 3.47. The van der Waals surface area contributed by atoms with Gasteiger partial charge in [-0.25, -0.2) is 0 Å². The lowest BCUT2D eigenvalue weighted by atomic mass is 9.94. The van der Waals surface area contributed by atoms with Crippen LogP contribution in [0.2, 0.25) is 0 Å². The zero-order chi connectivity index (χ0) is 12.4. The predicted molar refractivity (Wildman–Crippen MR) is 64.4 cm³/mol. The van der Waals surface area contributed by atoms with Gasteiger partial charge in [-0.05, 0) is 39.7 Å². The molecule has 0 spiro atoms. The molecule has 0 saturated carbocycles. The minimum absolute atomic E-state index is 0.167. The van der Waals surface area contributed by atoms with Crippen molar-refractivity contribution < 1.29 is 14.3 Å². The van der Waals surface area contributed by atoms with E-state index in [9.17, 15) is 4.79 Å². The summed E-state index contributed by atoms with van der Waals surface area (Å²) in [7, 11) is 3.14. The summed E-state index contributed by atoms with van der Waals surface area (Å²) in [5, 5.41) is 3.28. The van der Waals surface area contributed by atoms with Crippen LogP contribution >= 0.6 is 0 Å². The van der Waals surface area contributed by atoms with Gasteiger partial charge in [0.05, 0.1) is 12.5 Å². The van der Waals surface area contributed by atoms with Gasteiger partial charge < -0.3 is 14.8 Å². The van der Waals surface area contributed by atoms with Crippen LogP contribution in [-0.4, -0.2) is 39.9 Å². The highest BCUT2D eigenvalue weighted by Crippen LogP contribution is 2.15. The molecule has 0 unspecified atom stereocenters. The first kappa shape index (κ1) is 15.4. The lowest BCUT2D eigenvalue weighted by Gasteiger charge is -2.21. The summed E-state index contributed by atoms with van der Waals surface area (Å²) in [5.74, 6) is -0.167. The molecular formula is C12H25NO3. The van der Waals surface area contributed by atoms with Gasteiger partial charge in [0.2, 0.25) is 0 Å². The summed E-state index contributed by atoms with van der Waals surface area (Å²) in [4.78, 5) is 11.4. The molecule has 0 aliphatic rings. The summed E-state index contributed by atoms with van der Waals surface area (Å²) in [6.45, 7) is 6.19. The fourth-order valence-electron chi connectivity index (χ4n) is 1.42. The largest absolute Gasteiger partial charge is 0.469 e. The monoisotopic (exact) mass is 231 g/mol. The van der Waals surface area contributed by atoms with Gasteiger partial charge in [0.15, 0.2) is 0 Å². The first-order chi connectivity index (χ1) is 7.54. The van der Waals surface area contributed by atoms with Gasteiger partial charge in [-0.1, -0.05) is 0 Å². The summed E-state index contributed by atoms with van der Waals surface area (Å²) in [5.41, 5.74) is -0.443. The number of rotatable bonds is 9. The maximum atomic E-state index is 11.4. The fourth-order valence-corrected chi connectivity index (χ4v) is 1.42. The molecule has 0 rings (SSSR count). The van der Waals surface area contributed by atoms with Crippen LogP contribution in [0.4, 0.5) is 0 Å². The molecule has 0 fully saturated rings. The van der Waals surface area contributed by atoms with Gasteiger partial charge in [-0.15, -0.1) is 0 Å². The predicted octanol–water partition coefficient (Wildman–Crippen LogP) is 1.59. The van der Waals surface area contributed by atoms with E-state index >= 15 is 0 Å². The molecule has 0 bridgehead atoms. The van der Waals surface area contributed by atoms with Crippen LogP contribution in [0.25, 0.3) is 0 Å². The van der Waals surface area contributed by atoms with E-state index in [-0.39, 0.29) is 5.97 Å². The Labute approximate surface area is 98.7 Å². The number of carbonyl (C=O) groups excluding carboxylic acids is 1. The van der Waals surface area contributed by atoms with Crippen LogP contribution in [0.1, 0.15) is 33.1 Å². The SMILES string of the molecule is COCCCCCNCC(C)(C)C(=O)OC. The molecule has 0 radical (unpaired) electrons. The molecule has 0 aromatic heterocycles. The minimum Gasteiger partial charge on any atom is -0.469 e. The molecule has 0 saturated heterocycles. The number of ether oxygens (including phenoxy) is 2. The van der Waals surface area contributed by atoms with Gasteiger partial charge in [-0.3, -0.25) is 4.79 Å². The number of esters is 1. The average Bonchev–Trinajstić information content (AvgIpc) is 2.26. The van der Waals surface area contributed by atoms with Gasteiger partial charge in [-0.2, -0.15) is 0 Å². The van der Waals surface area contributed by atoms with Crippen molar-refractivity contribution in [2.45, 2.75) is 33.1 Å². The maximum absolute atomic E-state index is 11.4. The van der Waals surface area contributed by atoms with Crippen molar-refractivity contribution in [3.63, 3.8) is 0 Å². The molecule has 0 aliphatic heterocycles. The second kappa shape index (κ2) is 8.53. The molecule has 0 atom stereocenters. The maximum Gasteiger partial charge on any atom is 0.312 e. The summed E-state index contributed by atoms with van der Waals surface area (Å²) in [6.07, 6.45) is 3.36. The van der Waals surface area contributed by atoms with Crippen molar-refractivity contribution in [3.8, 4) is 0 Å². The molecule has 1 N–H and O–H groups in total.